The van der Waals surface area contributed by atoms with Crippen LogP contribution >= 0.6 is 0 Å². The SMILES string of the molecule is C=N/C1=C\C=C/Cc2ccc(Cc3nc4nc(C(=O)O)ccc4[nH]3)c(c2)OCCCc2cc(C#N)ccc2CO1. The number of benzene rings is 2. The average molecular weight is 534 g/mol. The van der Waals surface area contributed by atoms with Crippen molar-refractivity contribution in [1.29, 1.82) is 5.26 Å². The molecule has 0 saturated heterocycles. The number of H-pyrrole nitrogens is 1. The maximum atomic E-state index is 11.3. The molecule has 0 fully saturated rings. The van der Waals surface area contributed by atoms with Crippen molar-refractivity contribution in [3.63, 3.8) is 0 Å². The topological polar surface area (TPSA) is 133 Å². The summed E-state index contributed by atoms with van der Waals surface area (Å²) in [6.45, 7) is 4.41. The Morgan fingerprint density at radius 1 is 1.12 bits per heavy atom. The molecule has 2 bridgehead atoms. The van der Waals surface area contributed by atoms with Crippen LogP contribution in [0.5, 0.6) is 5.75 Å². The van der Waals surface area contributed by atoms with Gasteiger partial charge in [0.2, 0.25) is 5.88 Å². The Balaban J connectivity index is 1.42. The molecular weight excluding hydrogens is 506 g/mol. The minimum atomic E-state index is -1.09. The summed E-state index contributed by atoms with van der Waals surface area (Å²) in [5, 5.41) is 18.6. The minimum Gasteiger partial charge on any atom is -0.493 e. The number of rotatable bonds is 4. The quantitative estimate of drug-likeness (QED) is 0.340. The third-order valence-electron chi connectivity index (χ3n) is 6.55. The number of allylic oxidation sites excluding steroid dienone is 3. The second-order valence-electron chi connectivity index (χ2n) is 9.31. The first-order valence-corrected chi connectivity index (χ1v) is 12.8. The molecule has 0 spiro atoms. The zero-order valence-corrected chi connectivity index (χ0v) is 21.8. The first kappa shape index (κ1) is 26.4. The summed E-state index contributed by atoms with van der Waals surface area (Å²) in [6, 6.07) is 17.0. The zero-order valence-electron chi connectivity index (χ0n) is 21.8. The number of aromatic nitrogens is 3. The number of nitrogens with zero attached hydrogens (tertiary/aromatic N) is 4. The Bertz CT molecular complexity index is 1680. The van der Waals surface area contributed by atoms with Crippen molar-refractivity contribution in [2.75, 3.05) is 6.61 Å². The normalized spacial score (nSPS) is 15.9. The Kier molecular flexibility index (Phi) is 7.97. The first-order valence-electron chi connectivity index (χ1n) is 12.8. The van der Waals surface area contributed by atoms with Gasteiger partial charge >= 0.3 is 5.97 Å². The van der Waals surface area contributed by atoms with Gasteiger partial charge in [-0.1, -0.05) is 30.4 Å². The molecule has 3 heterocycles. The Labute approximate surface area is 231 Å². The van der Waals surface area contributed by atoms with Crippen LogP contribution in [-0.4, -0.2) is 39.4 Å². The van der Waals surface area contributed by atoms with Crippen molar-refractivity contribution in [2.45, 2.75) is 32.3 Å². The molecule has 0 radical (unpaired) electrons. The summed E-state index contributed by atoms with van der Waals surface area (Å²) in [5.41, 5.74) is 5.62. The summed E-state index contributed by atoms with van der Waals surface area (Å²) in [4.78, 5) is 27.1. The van der Waals surface area contributed by atoms with Crippen molar-refractivity contribution >= 4 is 23.9 Å². The molecule has 0 unspecified atom stereocenters. The van der Waals surface area contributed by atoms with Crippen molar-refractivity contribution in [3.8, 4) is 11.8 Å². The maximum absolute atomic E-state index is 11.3. The smallest absolute Gasteiger partial charge is 0.354 e. The molecule has 9 nitrogen and oxygen atoms in total. The first-order chi connectivity index (χ1) is 19.5. The summed E-state index contributed by atoms with van der Waals surface area (Å²) < 4.78 is 12.2. The molecule has 9 heteroatoms. The van der Waals surface area contributed by atoms with E-state index in [-0.39, 0.29) is 5.69 Å². The lowest BCUT2D eigenvalue weighted by molar-refractivity contribution is 0.0691. The van der Waals surface area contributed by atoms with Crippen LogP contribution in [0.4, 0.5) is 0 Å². The number of pyridine rings is 1. The average Bonchev–Trinajstić information content (AvgIpc) is 3.37. The second-order valence-corrected chi connectivity index (χ2v) is 9.31. The lowest BCUT2D eigenvalue weighted by Crippen LogP contribution is -2.05. The van der Waals surface area contributed by atoms with Gasteiger partial charge in [-0.3, -0.25) is 0 Å². The van der Waals surface area contributed by atoms with E-state index >= 15 is 0 Å². The van der Waals surface area contributed by atoms with Gasteiger partial charge in [0.05, 0.1) is 23.8 Å². The van der Waals surface area contributed by atoms with E-state index in [0.717, 1.165) is 34.4 Å². The summed E-state index contributed by atoms with van der Waals surface area (Å²) in [7, 11) is 0. The van der Waals surface area contributed by atoms with Crippen molar-refractivity contribution in [1.82, 2.24) is 15.0 Å². The standard InChI is InChI=1S/C31H27N5O4/c1-33-29-7-3-2-5-20-8-10-23(17-28-34-25-12-13-26(31(37)38)35-30(25)36-28)27(16-20)39-14-4-6-22-15-21(18-32)9-11-24(22)19-40-29/h2-3,7-13,15-16H,1,4-6,14,17,19H2,(H,37,38)(H,34,35,36)/b3-2-,29-7+. The van der Waals surface area contributed by atoms with Crippen molar-refractivity contribution in [3.05, 3.63) is 112 Å². The van der Waals surface area contributed by atoms with Crippen molar-refractivity contribution < 1.29 is 19.4 Å². The van der Waals surface area contributed by atoms with Crippen LogP contribution in [-0.2, 0) is 30.6 Å². The van der Waals surface area contributed by atoms with Gasteiger partial charge in [0.15, 0.2) is 11.3 Å². The van der Waals surface area contributed by atoms with E-state index in [0.29, 0.717) is 60.9 Å². The Morgan fingerprint density at radius 3 is 2.85 bits per heavy atom. The van der Waals surface area contributed by atoms with Crippen LogP contribution in [0.25, 0.3) is 11.2 Å². The van der Waals surface area contributed by atoms with Crippen molar-refractivity contribution in [2.24, 2.45) is 4.99 Å². The van der Waals surface area contributed by atoms with Gasteiger partial charge < -0.3 is 19.6 Å². The van der Waals surface area contributed by atoms with Gasteiger partial charge in [-0.2, -0.15) is 5.26 Å². The molecule has 0 atom stereocenters. The van der Waals surface area contributed by atoms with E-state index in [2.05, 4.69) is 32.7 Å². The van der Waals surface area contributed by atoms with Crippen LogP contribution in [0.15, 0.2) is 77.6 Å². The van der Waals surface area contributed by atoms with Gasteiger partial charge in [0, 0.05) is 12.0 Å². The number of ether oxygens (including phenoxy) is 2. The fraction of sp³-hybridized carbons (Fsp3) is 0.194. The van der Waals surface area contributed by atoms with E-state index in [1.165, 1.54) is 6.07 Å². The summed E-state index contributed by atoms with van der Waals surface area (Å²) in [6.07, 6.45) is 8.27. The fourth-order valence-corrected chi connectivity index (χ4v) is 4.50. The number of carboxylic acid groups (broad SMARTS) is 1. The van der Waals surface area contributed by atoms with Gasteiger partial charge in [-0.25, -0.2) is 19.8 Å². The van der Waals surface area contributed by atoms with Crippen LogP contribution in [0.1, 0.15) is 50.6 Å². The second kappa shape index (κ2) is 12.1. The predicted octanol–water partition coefficient (Wildman–Crippen LogP) is 5.30. The van der Waals surface area contributed by atoms with E-state index < -0.39 is 5.97 Å². The monoisotopic (exact) mass is 533 g/mol. The number of aromatic carboxylic acids is 1. The lowest BCUT2D eigenvalue weighted by atomic mass is 10.0. The highest BCUT2D eigenvalue weighted by Gasteiger charge is 2.13. The molecule has 2 aromatic heterocycles. The Morgan fingerprint density at radius 2 is 2.02 bits per heavy atom. The molecule has 1 aliphatic heterocycles. The number of aryl methyl sites for hydroxylation is 1. The van der Waals surface area contributed by atoms with Gasteiger partial charge in [-0.15, -0.1) is 0 Å². The van der Waals surface area contributed by atoms with E-state index in [1.807, 2.05) is 42.5 Å². The van der Waals surface area contributed by atoms with E-state index in [9.17, 15) is 15.2 Å². The largest absolute Gasteiger partial charge is 0.493 e. The highest BCUT2D eigenvalue weighted by atomic mass is 16.5. The predicted molar refractivity (Wildman–Crippen MR) is 150 cm³/mol. The van der Waals surface area contributed by atoms with E-state index in [1.54, 1.807) is 18.2 Å². The minimum absolute atomic E-state index is 0.0486. The molecule has 2 aromatic carbocycles. The number of aromatic amines is 1. The number of carboxylic acids is 1. The summed E-state index contributed by atoms with van der Waals surface area (Å²) >= 11 is 0. The highest BCUT2D eigenvalue weighted by molar-refractivity contribution is 5.88. The molecule has 2 N–H and O–H groups in total. The Hall–Kier alpha value is -5.23. The molecule has 0 saturated carbocycles. The third-order valence-corrected chi connectivity index (χ3v) is 6.55. The van der Waals surface area contributed by atoms with Crippen LogP contribution < -0.4 is 4.74 Å². The number of imidazole rings is 1. The molecular formula is C31H27N5O4. The molecule has 0 aliphatic carbocycles. The number of fused-ring (bicyclic) bond motifs is 4. The van der Waals surface area contributed by atoms with E-state index in [4.69, 9.17) is 9.47 Å². The van der Waals surface area contributed by atoms with Gasteiger partial charge in [0.1, 0.15) is 18.2 Å². The molecule has 5 rings (SSSR count). The molecule has 0 amide bonds. The summed E-state index contributed by atoms with van der Waals surface area (Å²) in [5.74, 6) is 0.756. The van der Waals surface area contributed by atoms with Crippen LogP contribution in [0.2, 0.25) is 0 Å². The number of hydrogen-bond acceptors (Lipinski definition) is 7. The molecule has 4 aromatic rings. The number of aliphatic imine (C=N–C) groups is 1. The molecule has 1 aliphatic rings. The fourth-order valence-electron chi connectivity index (χ4n) is 4.50. The lowest BCUT2D eigenvalue weighted by Gasteiger charge is -2.15. The maximum Gasteiger partial charge on any atom is 0.354 e. The zero-order chi connectivity index (χ0) is 27.9. The van der Waals surface area contributed by atoms with Crippen LogP contribution in [0, 0.1) is 11.3 Å². The molecule has 40 heavy (non-hydrogen) atoms. The highest BCUT2D eigenvalue weighted by Crippen LogP contribution is 2.25. The number of nitrogens with one attached hydrogen (secondary N) is 1. The van der Waals surface area contributed by atoms with Crippen LogP contribution in [0.3, 0.4) is 0 Å². The number of hydrogen-bond donors (Lipinski definition) is 2. The number of carbonyl (C=O) groups is 1. The van der Waals surface area contributed by atoms with Gasteiger partial charge in [0.25, 0.3) is 0 Å². The third kappa shape index (κ3) is 6.25. The van der Waals surface area contributed by atoms with Gasteiger partial charge in [-0.05, 0) is 79.1 Å². The molecule has 200 valence electrons. The number of nitriles is 1.